The smallest absolute Gasteiger partial charge is 0.261 e. The second-order valence-corrected chi connectivity index (χ2v) is 8.14. The largest absolute Gasteiger partial charge is 0.497 e. The normalized spacial score (nSPS) is 13.1. The second-order valence-electron chi connectivity index (χ2n) is 6.00. The van der Waals surface area contributed by atoms with Gasteiger partial charge in [0.15, 0.2) is 0 Å². The summed E-state index contributed by atoms with van der Waals surface area (Å²) in [5.74, 6) is 1.74. The summed E-state index contributed by atoms with van der Waals surface area (Å²) in [6.45, 7) is 1.40. The van der Waals surface area contributed by atoms with Crippen LogP contribution in [0.2, 0.25) is 0 Å². The number of methoxy groups -OCH3 is 1. The topological polar surface area (TPSA) is 54.5 Å². The summed E-state index contributed by atoms with van der Waals surface area (Å²) in [4.78, 5) is 19.9. The number of hydrogen-bond acceptors (Lipinski definition) is 6. The molecule has 0 saturated heterocycles. The summed E-state index contributed by atoms with van der Waals surface area (Å²) < 4.78 is 5.15. The SMILES string of the molecule is COc1ccc(CNC(=O)c2ccc(N3CCSc4ncccc43)s2)cc1. The van der Waals surface area contributed by atoms with Gasteiger partial charge in [0.05, 0.1) is 22.7 Å². The second kappa shape index (κ2) is 8.02. The van der Waals surface area contributed by atoms with Gasteiger partial charge in [0.1, 0.15) is 10.8 Å². The third-order valence-corrected chi connectivity index (χ3v) is 6.37. The zero-order valence-electron chi connectivity index (χ0n) is 14.8. The van der Waals surface area contributed by atoms with Crippen molar-refractivity contribution in [1.82, 2.24) is 10.3 Å². The zero-order valence-corrected chi connectivity index (χ0v) is 16.5. The number of thiophene rings is 1. The minimum atomic E-state index is -0.0557. The van der Waals surface area contributed by atoms with Gasteiger partial charge in [-0.3, -0.25) is 4.79 Å². The molecule has 4 rings (SSSR count). The third kappa shape index (κ3) is 3.94. The standard InChI is InChI=1S/C20H19N3O2S2/c1-25-15-6-4-14(5-7-15)13-22-19(24)17-8-9-18(27-17)23-11-12-26-20-16(23)3-2-10-21-20/h2-10H,11-13H2,1H3,(H,22,24). The molecule has 7 heteroatoms. The van der Waals surface area contributed by atoms with Gasteiger partial charge in [-0.1, -0.05) is 12.1 Å². The molecular weight excluding hydrogens is 378 g/mol. The Hall–Kier alpha value is -2.51. The fourth-order valence-corrected chi connectivity index (χ4v) is 4.78. The lowest BCUT2D eigenvalue weighted by molar-refractivity contribution is 0.0955. The van der Waals surface area contributed by atoms with Crippen molar-refractivity contribution in [2.45, 2.75) is 11.6 Å². The van der Waals surface area contributed by atoms with Crippen LogP contribution in [0.4, 0.5) is 10.7 Å². The van der Waals surface area contributed by atoms with Gasteiger partial charge in [0, 0.05) is 25.0 Å². The van der Waals surface area contributed by atoms with Gasteiger partial charge >= 0.3 is 0 Å². The molecule has 0 aliphatic carbocycles. The van der Waals surface area contributed by atoms with E-state index in [1.54, 1.807) is 18.9 Å². The molecule has 0 atom stereocenters. The fraction of sp³-hybridized carbons (Fsp3) is 0.200. The molecule has 0 radical (unpaired) electrons. The maximum atomic E-state index is 12.5. The van der Waals surface area contributed by atoms with Gasteiger partial charge in [-0.2, -0.15) is 0 Å². The number of amides is 1. The van der Waals surface area contributed by atoms with E-state index >= 15 is 0 Å². The summed E-state index contributed by atoms with van der Waals surface area (Å²) in [7, 11) is 1.64. The maximum absolute atomic E-state index is 12.5. The van der Waals surface area contributed by atoms with Crippen LogP contribution in [0.1, 0.15) is 15.2 Å². The number of aromatic nitrogens is 1. The molecule has 1 aliphatic rings. The minimum absolute atomic E-state index is 0.0557. The Bertz CT molecular complexity index is 940. The molecule has 0 saturated carbocycles. The monoisotopic (exact) mass is 397 g/mol. The van der Waals surface area contributed by atoms with Gasteiger partial charge in [0.25, 0.3) is 5.91 Å². The molecule has 0 spiro atoms. The van der Waals surface area contributed by atoms with Crippen LogP contribution in [-0.2, 0) is 6.54 Å². The van der Waals surface area contributed by atoms with Gasteiger partial charge in [-0.05, 0) is 42.0 Å². The highest BCUT2D eigenvalue weighted by atomic mass is 32.2. The highest BCUT2D eigenvalue weighted by Crippen LogP contribution is 2.39. The van der Waals surface area contributed by atoms with E-state index in [4.69, 9.17) is 4.74 Å². The maximum Gasteiger partial charge on any atom is 0.261 e. The number of benzene rings is 1. The first kappa shape index (κ1) is 17.9. The molecule has 3 aromatic rings. The first-order valence-electron chi connectivity index (χ1n) is 8.61. The molecule has 1 N–H and O–H groups in total. The van der Waals surface area contributed by atoms with Gasteiger partial charge in [-0.25, -0.2) is 4.98 Å². The highest BCUT2D eigenvalue weighted by molar-refractivity contribution is 7.99. The Morgan fingerprint density at radius 3 is 2.89 bits per heavy atom. The van der Waals surface area contributed by atoms with Crippen molar-refractivity contribution in [3.63, 3.8) is 0 Å². The molecule has 138 valence electrons. The molecule has 2 aromatic heterocycles. The van der Waals surface area contributed by atoms with Crippen LogP contribution in [0.15, 0.2) is 59.8 Å². The Morgan fingerprint density at radius 1 is 1.22 bits per heavy atom. The third-order valence-electron chi connectivity index (χ3n) is 4.29. The van der Waals surface area contributed by atoms with E-state index in [2.05, 4.69) is 21.3 Å². The van der Waals surface area contributed by atoms with Gasteiger partial charge < -0.3 is 15.0 Å². The first-order chi connectivity index (χ1) is 13.2. The number of nitrogens with one attached hydrogen (secondary N) is 1. The van der Waals surface area contributed by atoms with E-state index in [9.17, 15) is 4.79 Å². The van der Waals surface area contributed by atoms with Crippen LogP contribution in [0.5, 0.6) is 5.75 Å². The van der Waals surface area contributed by atoms with E-state index in [0.717, 1.165) is 39.3 Å². The van der Waals surface area contributed by atoms with Crippen LogP contribution < -0.4 is 15.0 Å². The van der Waals surface area contributed by atoms with Crippen LogP contribution in [-0.4, -0.2) is 30.3 Å². The molecule has 1 aliphatic heterocycles. The lowest BCUT2D eigenvalue weighted by Crippen LogP contribution is -2.23. The summed E-state index contributed by atoms with van der Waals surface area (Å²) >= 11 is 3.28. The molecule has 3 heterocycles. The molecular formula is C20H19N3O2S2. The lowest BCUT2D eigenvalue weighted by atomic mass is 10.2. The van der Waals surface area contributed by atoms with Crippen molar-refractivity contribution in [1.29, 1.82) is 0 Å². The van der Waals surface area contributed by atoms with Crippen molar-refractivity contribution < 1.29 is 9.53 Å². The first-order valence-corrected chi connectivity index (χ1v) is 10.4. The number of nitrogens with zero attached hydrogens (tertiary/aromatic N) is 2. The van der Waals surface area contributed by atoms with Gasteiger partial charge in [0.2, 0.25) is 0 Å². The number of thioether (sulfide) groups is 1. The molecule has 1 aromatic carbocycles. The number of anilines is 2. The molecule has 0 bridgehead atoms. The van der Waals surface area contributed by atoms with Crippen molar-refractivity contribution in [3.8, 4) is 5.75 Å². The lowest BCUT2D eigenvalue weighted by Gasteiger charge is -2.28. The Labute approximate surface area is 166 Å². The quantitative estimate of drug-likeness (QED) is 0.695. The summed E-state index contributed by atoms with van der Waals surface area (Å²) in [6, 6.07) is 15.6. The molecule has 0 unspecified atom stereocenters. The van der Waals surface area contributed by atoms with Gasteiger partial charge in [-0.15, -0.1) is 23.1 Å². The number of ether oxygens (including phenoxy) is 1. The summed E-state index contributed by atoms with van der Waals surface area (Å²) in [5.41, 5.74) is 2.15. The average Bonchev–Trinajstić information content (AvgIpc) is 3.22. The number of carbonyl (C=O) groups excluding carboxylic acids is 1. The highest BCUT2D eigenvalue weighted by Gasteiger charge is 2.21. The van der Waals surface area contributed by atoms with E-state index in [0.29, 0.717) is 11.4 Å². The Kier molecular flexibility index (Phi) is 5.31. The van der Waals surface area contributed by atoms with Crippen LogP contribution in [0.3, 0.4) is 0 Å². The van der Waals surface area contributed by atoms with E-state index in [1.807, 2.05) is 48.7 Å². The summed E-state index contributed by atoms with van der Waals surface area (Å²) in [6.07, 6.45) is 1.82. The predicted octanol–water partition coefficient (Wildman–Crippen LogP) is 4.33. The van der Waals surface area contributed by atoms with Crippen molar-refractivity contribution >= 4 is 39.7 Å². The van der Waals surface area contributed by atoms with Crippen LogP contribution in [0.25, 0.3) is 0 Å². The predicted molar refractivity (Wildman–Crippen MR) is 110 cm³/mol. The number of carbonyl (C=O) groups is 1. The molecule has 1 amide bonds. The minimum Gasteiger partial charge on any atom is -0.497 e. The fourth-order valence-electron chi connectivity index (χ4n) is 2.89. The van der Waals surface area contributed by atoms with Crippen LogP contribution >= 0.6 is 23.1 Å². The van der Waals surface area contributed by atoms with Crippen molar-refractivity contribution in [2.75, 3.05) is 24.3 Å². The van der Waals surface area contributed by atoms with E-state index in [-0.39, 0.29) is 5.91 Å². The van der Waals surface area contributed by atoms with Crippen molar-refractivity contribution in [3.05, 3.63) is 65.2 Å². The van der Waals surface area contributed by atoms with Crippen molar-refractivity contribution in [2.24, 2.45) is 0 Å². The Balaban J connectivity index is 1.44. The number of pyridine rings is 1. The summed E-state index contributed by atoms with van der Waals surface area (Å²) in [5, 5.41) is 5.10. The molecule has 5 nitrogen and oxygen atoms in total. The molecule has 27 heavy (non-hydrogen) atoms. The van der Waals surface area contributed by atoms with E-state index in [1.165, 1.54) is 11.3 Å². The van der Waals surface area contributed by atoms with Crippen LogP contribution in [0, 0.1) is 0 Å². The number of hydrogen-bond donors (Lipinski definition) is 1. The average molecular weight is 398 g/mol. The number of fused-ring (bicyclic) bond motifs is 1. The molecule has 0 fully saturated rings. The zero-order chi connectivity index (χ0) is 18.6. The van der Waals surface area contributed by atoms with E-state index < -0.39 is 0 Å². The number of rotatable bonds is 5. The Morgan fingerprint density at radius 2 is 2.07 bits per heavy atom.